The Hall–Kier alpha value is -1.36. The van der Waals surface area contributed by atoms with Crippen molar-refractivity contribution < 1.29 is 14.7 Å². The minimum absolute atomic E-state index is 0.0173. The van der Waals surface area contributed by atoms with E-state index in [1.54, 1.807) is 11.9 Å². The van der Waals surface area contributed by atoms with Crippen LogP contribution in [0.25, 0.3) is 0 Å². The first kappa shape index (κ1) is 15.0. The summed E-state index contributed by atoms with van der Waals surface area (Å²) in [7, 11) is 3.89. The molecule has 0 radical (unpaired) electrons. The normalized spacial score (nSPS) is 30.4. The second kappa shape index (κ2) is 6.39. The quantitative estimate of drug-likeness (QED) is 0.782. The Morgan fingerprint density at radius 2 is 1.95 bits per heavy atom. The molecule has 0 aromatic carbocycles. The molecule has 1 amide bonds. The molecule has 2 aliphatic rings. The molecule has 2 rings (SSSR count). The molecule has 5 nitrogen and oxygen atoms in total. The van der Waals surface area contributed by atoms with Crippen molar-refractivity contribution in [3.8, 4) is 0 Å². The minimum atomic E-state index is -0.860. The number of hydrogen-bond acceptors (Lipinski definition) is 3. The Balaban J connectivity index is 1.95. The molecule has 1 saturated heterocycles. The molecule has 112 valence electrons. The van der Waals surface area contributed by atoms with Gasteiger partial charge in [-0.25, -0.2) is 0 Å². The van der Waals surface area contributed by atoms with Crippen LogP contribution in [-0.2, 0) is 9.59 Å². The molecular weight excluding hydrogens is 256 g/mol. The van der Waals surface area contributed by atoms with Gasteiger partial charge in [0.25, 0.3) is 0 Å². The number of carbonyl (C=O) groups excluding carboxylic acids is 1. The van der Waals surface area contributed by atoms with Gasteiger partial charge in [0.05, 0.1) is 11.8 Å². The van der Waals surface area contributed by atoms with E-state index in [1.165, 1.54) is 0 Å². The third-order valence-electron chi connectivity index (χ3n) is 4.46. The predicted octanol–water partition coefficient (Wildman–Crippen LogP) is 1.06. The number of amides is 1. The van der Waals surface area contributed by atoms with Crippen LogP contribution in [0.15, 0.2) is 12.2 Å². The van der Waals surface area contributed by atoms with E-state index < -0.39 is 17.8 Å². The highest BCUT2D eigenvalue weighted by Crippen LogP contribution is 2.28. The molecule has 20 heavy (non-hydrogen) atoms. The number of carboxylic acids is 1. The molecular formula is C15H24N2O3. The van der Waals surface area contributed by atoms with Crippen LogP contribution in [0.3, 0.4) is 0 Å². The fourth-order valence-corrected chi connectivity index (χ4v) is 3.30. The van der Waals surface area contributed by atoms with Crippen molar-refractivity contribution in [2.45, 2.75) is 19.3 Å². The van der Waals surface area contributed by atoms with Gasteiger partial charge in [0.2, 0.25) is 5.91 Å². The molecule has 0 saturated carbocycles. The van der Waals surface area contributed by atoms with Gasteiger partial charge in [0, 0.05) is 20.1 Å². The SMILES string of the molecule is CN1CCC(CN(C)C(=O)[C@@H]2CC=CC[C@@H]2C(=O)O)C1. The average Bonchev–Trinajstić information content (AvgIpc) is 2.83. The smallest absolute Gasteiger partial charge is 0.307 e. The van der Waals surface area contributed by atoms with E-state index in [-0.39, 0.29) is 5.91 Å². The summed E-state index contributed by atoms with van der Waals surface area (Å²) in [6, 6.07) is 0. The van der Waals surface area contributed by atoms with E-state index >= 15 is 0 Å². The number of aliphatic carboxylic acids is 1. The third kappa shape index (κ3) is 3.39. The molecule has 1 unspecified atom stereocenters. The fraction of sp³-hybridized carbons (Fsp3) is 0.733. The zero-order chi connectivity index (χ0) is 14.7. The van der Waals surface area contributed by atoms with E-state index in [9.17, 15) is 14.7 Å². The van der Waals surface area contributed by atoms with E-state index in [4.69, 9.17) is 0 Å². The van der Waals surface area contributed by atoms with Gasteiger partial charge in [-0.2, -0.15) is 0 Å². The van der Waals surface area contributed by atoms with Crippen molar-refractivity contribution in [1.82, 2.24) is 9.80 Å². The molecule has 1 aliphatic carbocycles. The van der Waals surface area contributed by atoms with E-state index in [1.807, 2.05) is 12.2 Å². The topological polar surface area (TPSA) is 60.9 Å². The summed E-state index contributed by atoms with van der Waals surface area (Å²) >= 11 is 0. The number of carbonyl (C=O) groups is 2. The molecule has 0 spiro atoms. The van der Waals surface area contributed by atoms with Gasteiger partial charge in [-0.05, 0) is 38.8 Å². The Bertz CT molecular complexity index is 408. The summed E-state index contributed by atoms with van der Waals surface area (Å²) in [6.45, 7) is 2.83. The maximum atomic E-state index is 12.5. The highest BCUT2D eigenvalue weighted by atomic mass is 16.4. The van der Waals surface area contributed by atoms with Crippen LogP contribution < -0.4 is 0 Å². The van der Waals surface area contributed by atoms with Crippen LogP contribution in [0.4, 0.5) is 0 Å². The molecule has 0 aromatic rings. The number of allylic oxidation sites excluding steroid dienone is 2. The van der Waals surface area contributed by atoms with E-state index in [0.717, 1.165) is 26.1 Å². The molecule has 3 atom stereocenters. The van der Waals surface area contributed by atoms with Gasteiger partial charge in [0.1, 0.15) is 0 Å². The first-order valence-electron chi connectivity index (χ1n) is 7.30. The van der Waals surface area contributed by atoms with Gasteiger partial charge in [-0.1, -0.05) is 12.2 Å². The largest absolute Gasteiger partial charge is 0.481 e. The van der Waals surface area contributed by atoms with Crippen LogP contribution in [0.5, 0.6) is 0 Å². The molecule has 1 N–H and O–H groups in total. The zero-order valence-electron chi connectivity index (χ0n) is 12.3. The molecule has 1 fully saturated rings. The maximum absolute atomic E-state index is 12.5. The standard InChI is InChI=1S/C15H24N2O3/c1-16-8-7-11(9-16)10-17(2)14(18)12-5-3-4-6-13(12)15(19)20/h3-4,11-13H,5-10H2,1-2H3,(H,19,20)/t11?,12-,13+/m1/s1. The highest BCUT2D eigenvalue weighted by Gasteiger charge is 2.36. The molecule has 5 heteroatoms. The third-order valence-corrected chi connectivity index (χ3v) is 4.46. The summed E-state index contributed by atoms with van der Waals surface area (Å²) in [6.07, 6.45) is 5.92. The minimum Gasteiger partial charge on any atom is -0.481 e. The number of nitrogens with zero attached hydrogens (tertiary/aromatic N) is 2. The van der Waals surface area contributed by atoms with Gasteiger partial charge >= 0.3 is 5.97 Å². The van der Waals surface area contributed by atoms with Gasteiger partial charge in [-0.15, -0.1) is 0 Å². The second-order valence-electron chi connectivity index (χ2n) is 6.13. The van der Waals surface area contributed by atoms with Gasteiger partial charge in [0.15, 0.2) is 0 Å². The van der Waals surface area contributed by atoms with Crippen molar-refractivity contribution >= 4 is 11.9 Å². The van der Waals surface area contributed by atoms with Crippen LogP contribution in [0.1, 0.15) is 19.3 Å². The van der Waals surface area contributed by atoms with Gasteiger partial charge < -0.3 is 14.9 Å². The van der Waals surface area contributed by atoms with Crippen molar-refractivity contribution in [3.63, 3.8) is 0 Å². The average molecular weight is 280 g/mol. The number of likely N-dealkylation sites (tertiary alicyclic amines) is 1. The Kier molecular flexibility index (Phi) is 4.81. The Morgan fingerprint density at radius 1 is 1.30 bits per heavy atom. The number of rotatable bonds is 4. The first-order chi connectivity index (χ1) is 9.49. The van der Waals surface area contributed by atoms with Gasteiger partial charge in [-0.3, -0.25) is 9.59 Å². The van der Waals surface area contributed by atoms with E-state index in [0.29, 0.717) is 18.8 Å². The van der Waals surface area contributed by atoms with Crippen molar-refractivity contribution in [2.24, 2.45) is 17.8 Å². The monoisotopic (exact) mass is 280 g/mol. The van der Waals surface area contributed by atoms with Crippen molar-refractivity contribution in [1.29, 1.82) is 0 Å². The highest BCUT2D eigenvalue weighted by molar-refractivity contribution is 5.85. The molecule has 1 aliphatic heterocycles. The Morgan fingerprint density at radius 3 is 2.50 bits per heavy atom. The summed E-state index contributed by atoms with van der Waals surface area (Å²) in [5.74, 6) is -1.34. The van der Waals surface area contributed by atoms with Crippen molar-refractivity contribution in [2.75, 3.05) is 33.7 Å². The molecule has 0 bridgehead atoms. The van der Waals surface area contributed by atoms with Crippen LogP contribution >= 0.6 is 0 Å². The van der Waals surface area contributed by atoms with Crippen molar-refractivity contribution in [3.05, 3.63) is 12.2 Å². The fourth-order valence-electron chi connectivity index (χ4n) is 3.30. The molecule has 1 heterocycles. The lowest BCUT2D eigenvalue weighted by atomic mass is 9.82. The summed E-state index contributed by atoms with van der Waals surface area (Å²) < 4.78 is 0. The molecule has 0 aromatic heterocycles. The Labute approximate surface area is 120 Å². The second-order valence-corrected chi connectivity index (χ2v) is 6.13. The predicted molar refractivity (Wildman–Crippen MR) is 76.2 cm³/mol. The number of hydrogen-bond donors (Lipinski definition) is 1. The summed E-state index contributed by atoms with van der Waals surface area (Å²) in [4.78, 5) is 27.8. The summed E-state index contributed by atoms with van der Waals surface area (Å²) in [5.41, 5.74) is 0. The van der Waals surface area contributed by atoms with Crippen LogP contribution in [-0.4, -0.2) is 60.5 Å². The van der Waals surface area contributed by atoms with Crippen LogP contribution in [0, 0.1) is 17.8 Å². The van der Waals surface area contributed by atoms with Crippen LogP contribution in [0.2, 0.25) is 0 Å². The number of carboxylic acid groups (broad SMARTS) is 1. The lowest BCUT2D eigenvalue weighted by Crippen LogP contribution is -2.42. The maximum Gasteiger partial charge on any atom is 0.307 e. The first-order valence-corrected chi connectivity index (χ1v) is 7.30. The van der Waals surface area contributed by atoms with E-state index in [2.05, 4.69) is 11.9 Å². The summed E-state index contributed by atoms with van der Waals surface area (Å²) in [5, 5.41) is 9.25. The lowest BCUT2D eigenvalue weighted by molar-refractivity contribution is -0.150. The zero-order valence-corrected chi connectivity index (χ0v) is 12.3. The lowest BCUT2D eigenvalue weighted by Gasteiger charge is -2.30.